The average molecular weight is 779 g/mol. The predicted molar refractivity (Wildman–Crippen MR) is 218 cm³/mol. The quantitative estimate of drug-likeness (QED) is 0.302. The lowest BCUT2D eigenvalue weighted by molar-refractivity contribution is -0.117. The van der Waals surface area contributed by atoms with E-state index in [1.54, 1.807) is 6.07 Å². The Morgan fingerprint density at radius 1 is 1.09 bits per heavy atom. The fourth-order valence-corrected chi connectivity index (χ4v) is 12.1. The second-order valence-electron chi connectivity index (χ2n) is 17.4. The van der Waals surface area contributed by atoms with Crippen LogP contribution in [0.1, 0.15) is 74.4 Å². The molecule has 0 radical (unpaired) electrons. The van der Waals surface area contributed by atoms with E-state index in [0.717, 1.165) is 101 Å². The van der Waals surface area contributed by atoms with Crippen LogP contribution in [0.15, 0.2) is 48.6 Å². The zero-order valence-corrected chi connectivity index (χ0v) is 34.1. The Bertz CT molecular complexity index is 1870. The zero-order chi connectivity index (χ0) is 37.8. The number of fused-ring (bicyclic) bond motifs is 5. The largest absolute Gasteiger partial charge is 0.490 e. The van der Waals surface area contributed by atoms with E-state index in [1.807, 2.05) is 32.2 Å². The van der Waals surface area contributed by atoms with E-state index in [-0.39, 0.29) is 28.6 Å². The first-order valence-electron chi connectivity index (χ1n) is 20.2. The van der Waals surface area contributed by atoms with Crippen LogP contribution in [0.2, 0.25) is 5.02 Å². The Balaban J connectivity index is 1.18. The van der Waals surface area contributed by atoms with Gasteiger partial charge in [-0.2, -0.15) is 0 Å². The maximum absolute atomic E-state index is 14.1. The lowest BCUT2D eigenvalue weighted by Gasteiger charge is -2.53. The van der Waals surface area contributed by atoms with Crippen LogP contribution >= 0.6 is 11.6 Å². The van der Waals surface area contributed by atoms with Crippen LogP contribution in [0.5, 0.6) is 5.75 Å². The lowest BCUT2D eigenvalue weighted by Crippen LogP contribution is -2.63. The molecule has 1 unspecified atom stereocenters. The van der Waals surface area contributed by atoms with Gasteiger partial charge in [0.2, 0.25) is 0 Å². The second kappa shape index (κ2) is 15.1. The highest BCUT2D eigenvalue weighted by Gasteiger charge is 2.50. The number of halogens is 1. The van der Waals surface area contributed by atoms with Gasteiger partial charge in [0, 0.05) is 80.2 Å². The van der Waals surface area contributed by atoms with Gasteiger partial charge in [0.15, 0.2) is 0 Å². The normalized spacial score (nSPS) is 38.2. The number of hydrogen-bond donors (Lipinski definition) is 1. The number of hydrogen-bond acceptors (Lipinski definition) is 8. The van der Waals surface area contributed by atoms with Crippen LogP contribution in [-0.4, -0.2) is 115 Å². The molecule has 11 heteroatoms. The number of nitrogens with one attached hydrogen (secondary N) is 1. The van der Waals surface area contributed by atoms with Crippen molar-refractivity contribution < 1.29 is 23.2 Å². The SMILES string of the molecule is C=S1(=O)NC(=O)c2ccc3c(c2)N(C[C@@H]2CC[C@H]2[C@@](CN2CCN4C[C@@H](C)OC[C@@H]4C2)(OC)/C=C/C[C@H](C)[C@H]1C)C[C@@]1(CCCc2cc(Cl)ccc21)CO3. The molecule has 9 atom stereocenters. The van der Waals surface area contributed by atoms with Crippen molar-refractivity contribution in [3.05, 3.63) is 70.3 Å². The molecule has 6 aliphatic rings. The molecule has 3 fully saturated rings. The molecule has 9 nitrogen and oxygen atoms in total. The number of ether oxygens (including phenoxy) is 3. The van der Waals surface area contributed by atoms with Crippen molar-refractivity contribution in [2.75, 3.05) is 71.0 Å². The van der Waals surface area contributed by atoms with Crippen molar-refractivity contribution >= 4 is 38.8 Å². The van der Waals surface area contributed by atoms with Crippen LogP contribution in [0.25, 0.3) is 0 Å². The highest BCUT2D eigenvalue weighted by molar-refractivity contribution is 7.99. The molecular weight excluding hydrogens is 720 g/mol. The molecule has 1 N–H and O–H groups in total. The number of amides is 1. The number of nitrogens with zero attached hydrogens (tertiary/aromatic N) is 3. The van der Waals surface area contributed by atoms with E-state index in [9.17, 15) is 9.00 Å². The van der Waals surface area contributed by atoms with Gasteiger partial charge in [-0.1, -0.05) is 36.7 Å². The molecule has 4 aliphatic heterocycles. The third-order valence-electron chi connectivity index (χ3n) is 14.0. The van der Waals surface area contributed by atoms with Gasteiger partial charge < -0.3 is 19.1 Å². The zero-order valence-electron chi connectivity index (χ0n) is 32.6. The number of carbonyl (C=O) groups is 1. The summed E-state index contributed by atoms with van der Waals surface area (Å²) in [6.07, 6.45) is 10.8. The Morgan fingerprint density at radius 2 is 1.94 bits per heavy atom. The monoisotopic (exact) mass is 778 g/mol. The molecule has 8 rings (SSSR count). The van der Waals surface area contributed by atoms with E-state index >= 15 is 0 Å². The van der Waals surface area contributed by atoms with Crippen molar-refractivity contribution in [3.63, 3.8) is 0 Å². The number of allylic oxidation sites excluding steroid dienone is 1. The minimum atomic E-state index is -2.96. The Morgan fingerprint density at radius 3 is 2.74 bits per heavy atom. The minimum absolute atomic E-state index is 0.0245. The summed E-state index contributed by atoms with van der Waals surface area (Å²) < 4.78 is 36.6. The van der Waals surface area contributed by atoms with Crippen LogP contribution in [-0.2, 0) is 31.0 Å². The van der Waals surface area contributed by atoms with Gasteiger partial charge in [0.05, 0.1) is 34.7 Å². The van der Waals surface area contributed by atoms with Crippen molar-refractivity contribution in [1.29, 1.82) is 0 Å². The number of anilines is 1. The van der Waals surface area contributed by atoms with Gasteiger partial charge in [0.1, 0.15) is 11.4 Å². The third-order valence-corrected chi connectivity index (χ3v) is 16.4. The number of rotatable bonds is 3. The molecule has 2 saturated heterocycles. The van der Waals surface area contributed by atoms with Crippen molar-refractivity contribution in [3.8, 4) is 5.75 Å². The fraction of sp³-hybridized carbons (Fsp3) is 0.628. The molecule has 2 aliphatic carbocycles. The van der Waals surface area contributed by atoms with Gasteiger partial charge >= 0.3 is 0 Å². The van der Waals surface area contributed by atoms with Crippen LogP contribution < -0.4 is 14.4 Å². The lowest BCUT2D eigenvalue weighted by atomic mass is 9.63. The molecule has 1 saturated carbocycles. The first kappa shape index (κ1) is 38.3. The van der Waals surface area contributed by atoms with E-state index < -0.39 is 15.3 Å². The van der Waals surface area contributed by atoms with Gasteiger partial charge in [0.25, 0.3) is 5.91 Å². The number of methoxy groups -OCH3 is 1. The number of aryl methyl sites for hydroxylation is 1. The van der Waals surface area contributed by atoms with Crippen LogP contribution in [0.4, 0.5) is 5.69 Å². The topological polar surface area (TPSA) is 83.6 Å². The molecule has 1 amide bonds. The molecule has 294 valence electrons. The van der Waals surface area contributed by atoms with Gasteiger partial charge in [-0.25, -0.2) is 4.21 Å². The van der Waals surface area contributed by atoms with E-state index in [4.69, 9.17) is 25.8 Å². The fourth-order valence-electron chi connectivity index (χ4n) is 10.4. The average Bonchev–Trinajstić information content (AvgIpc) is 3.29. The van der Waals surface area contributed by atoms with Crippen molar-refractivity contribution in [1.82, 2.24) is 14.5 Å². The number of carbonyl (C=O) groups excluding carboxylic acids is 1. The van der Waals surface area contributed by atoms with Crippen LogP contribution in [0.3, 0.4) is 0 Å². The first-order valence-corrected chi connectivity index (χ1v) is 22.4. The summed E-state index contributed by atoms with van der Waals surface area (Å²) in [5.41, 5.74) is 3.27. The summed E-state index contributed by atoms with van der Waals surface area (Å²) in [7, 11) is -1.07. The molecule has 2 aromatic rings. The maximum atomic E-state index is 14.1. The summed E-state index contributed by atoms with van der Waals surface area (Å²) in [6.45, 7) is 13.9. The molecule has 54 heavy (non-hydrogen) atoms. The predicted octanol–water partition coefficient (Wildman–Crippen LogP) is 5.98. The highest BCUT2D eigenvalue weighted by Crippen LogP contribution is 2.49. The summed E-state index contributed by atoms with van der Waals surface area (Å²) in [4.78, 5) is 21.5. The van der Waals surface area contributed by atoms with Gasteiger partial charge in [-0.05, 0) is 117 Å². The standard InChI is InChI=1S/C43H59ClN4O5S/c1-29-8-6-17-43(51-4,27-46-18-19-47-22-30(2)52-25-36(47)24-46)38-13-10-34(38)23-48-26-42(16-7-9-32-20-35(44)12-14-37(32)42)28-53-40-15-11-33(21-39(40)48)41(49)45-54(5,50)31(29)3/h6,11-12,14-15,17,20-21,29-31,34,36,38H,5,7-10,13,16,18-19,22-28H2,1-4H3,(H,45,49,50)/b17-6+/t29-,30+,31+,34-,36-,38+,42-,43+,54?/m0/s1. The number of piperazine rings is 1. The molecule has 2 aromatic carbocycles. The van der Waals surface area contributed by atoms with E-state index in [1.165, 1.54) is 11.1 Å². The summed E-state index contributed by atoms with van der Waals surface area (Å²) in [5, 5.41) is 0.429. The number of benzene rings is 2. The highest BCUT2D eigenvalue weighted by atomic mass is 35.5. The van der Waals surface area contributed by atoms with E-state index in [2.05, 4.69) is 63.4 Å². The summed E-state index contributed by atoms with van der Waals surface area (Å²) >= 11 is 6.53. The smallest absolute Gasteiger partial charge is 0.262 e. The molecule has 4 heterocycles. The first-order chi connectivity index (χ1) is 25.9. The van der Waals surface area contributed by atoms with Crippen LogP contribution in [0, 0.1) is 17.8 Å². The summed E-state index contributed by atoms with van der Waals surface area (Å²) in [5.74, 6) is 5.18. The van der Waals surface area contributed by atoms with Gasteiger partial charge in [-0.15, -0.1) is 0 Å². The Labute approximate surface area is 327 Å². The molecular formula is C43H59ClN4O5S. The van der Waals surface area contributed by atoms with Gasteiger partial charge in [-0.3, -0.25) is 19.3 Å². The second-order valence-corrected chi connectivity index (χ2v) is 20.2. The summed E-state index contributed by atoms with van der Waals surface area (Å²) in [6, 6.07) is 12.4. The van der Waals surface area contributed by atoms with Crippen molar-refractivity contribution in [2.45, 2.75) is 87.7 Å². The Hall–Kier alpha value is -2.60. The van der Waals surface area contributed by atoms with Crippen molar-refractivity contribution in [2.24, 2.45) is 17.8 Å². The third kappa shape index (κ3) is 7.24. The molecule has 2 bridgehead atoms. The molecule has 0 aromatic heterocycles. The maximum Gasteiger partial charge on any atom is 0.262 e. The number of morpholine rings is 1. The molecule has 1 spiro atoms. The minimum Gasteiger partial charge on any atom is -0.490 e. The van der Waals surface area contributed by atoms with E-state index in [0.29, 0.717) is 36.5 Å². The Kier molecular flexibility index (Phi) is 10.7.